The first-order valence-corrected chi connectivity index (χ1v) is 7.69. The van der Waals surface area contributed by atoms with Crippen LogP contribution < -0.4 is 5.32 Å². The van der Waals surface area contributed by atoms with Crippen molar-refractivity contribution < 1.29 is 4.79 Å². The van der Waals surface area contributed by atoms with E-state index in [1.54, 1.807) is 12.4 Å². The largest absolute Gasteiger partial charge is 0.349 e. The third-order valence-corrected chi connectivity index (χ3v) is 4.03. The minimum Gasteiger partial charge on any atom is -0.349 e. The monoisotopic (exact) mass is 299 g/mol. The molecule has 0 radical (unpaired) electrons. The molecule has 0 unspecified atom stereocenters. The van der Waals surface area contributed by atoms with Crippen molar-refractivity contribution in [2.24, 2.45) is 0 Å². The molecule has 1 aliphatic heterocycles. The second-order valence-electron chi connectivity index (χ2n) is 5.68. The van der Waals surface area contributed by atoms with E-state index in [0.717, 1.165) is 31.6 Å². The lowest BCUT2D eigenvalue weighted by molar-refractivity contribution is -0.122. The summed E-state index contributed by atoms with van der Waals surface area (Å²) >= 11 is 0. The van der Waals surface area contributed by atoms with Crippen LogP contribution in [0.15, 0.2) is 36.7 Å². The van der Waals surface area contributed by atoms with Gasteiger partial charge in [0.2, 0.25) is 5.91 Å². The van der Waals surface area contributed by atoms with Crippen molar-refractivity contribution in [2.75, 3.05) is 19.6 Å². The van der Waals surface area contributed by atoms with Crippen LogP contribution in [-0.4, -0.2) is 45.6 Å². The van der Waals surface area contributed by atoms with Gasteiger partial charge in [-0.05, 0) is 37.6 Å². The average molecular weight is 299 g/mol. The van der Waals surface area contributed by atoms with Gasteiger partial charge in [0, 0.05) is 30.6 Å². The summed E-state index contributed by atoms with van der Waals surface area (Å²) in [5, 5.41) is 9.99. The van der Waals surface area contributed by atoms with Crippen LogP contribution in [0, 0.1) is 0 Å². The Bertz CT molecular complexity index is 584. The highest BCUT2D eigenvalue weighted by Crippen LogP contribution is 2.24. The molecule has 6 nitrogen and oxygen atoms in total. The van der Waals surface area contributed by atoms with Crippen LogP contribution >= 0.6 is 0 Å². The highest BCUT2D eigenvalue weighted by atomic mass is 16.2. The normalized spacial score (nSPS) is 19.0. The smallest absolute Gasteiger partial charge is 0.234 e. The molecule has 0 aromatic carbocycles. The van der Waals surface area contributed by atoms with Gasteiger partial charge >= 0.3 is 0 Å². The van der Waals surface area contributed by atoms with Gasteiger partial charge in [-0.2, -0.15) is 5.10 Å². The molecule has 1 amide bonds. The van der Waals surface area contributed by atoms with E-state index in [-0.39, 0.29) is 5.91 Å². The van der Waals surface area contributed by atoms with Crippen LogP contribution in [0.1, 0.15) is 30.1 Å². The molecule has 3 heterocycles. The zero-order valence-corrected chi connectivity index (χ0v) is 12.5. The molecule has 0 spiro atoms. The van der Waals surface area contributed by atoms with Gasteiger partial charge < -0.3 is 5.32 Å². The maximum atomic E-state index is 12.1. The Labute approximate surface area is 129 Å². The molecule has 0 aliphatic carbocycles. The van der Waals surface area contributed by atoms with E-state index in [2.05, 4.69) is 25.4 Å². The number of nitrogens with zero attached hydrogens (tertiary/aromatic N) is 3. The Kier molecular flexibility index (Phi) is 4.80. The van der Waals surface area contributed by atoms with Gasteiger partial charge in [0.05, 0.1) is 18.8 Å². The summed E-state index contributed by atoms with van der Waals surface area (Å²) in [7, 11) is 0. The number of amides is 1. The van der Waals surface area contributed by atoms with Crippen LogP contribution in [0.4, 0.5) is 0 Å². The summed E-state index contributed by atoms with van der Waals surface area (Å²) in [5.41, 5.74) is 2.04. The number of likely N-dealkylation sites (tertiary alicyclic amines) is 1. The fourth-order valence-corrected chi connectivity index (χ4v) is 2.90. The summed E-state index contributed by atoms with van der Waals surface area (Å²) in [6, 6.07) is 7.73. The standard InChI is InChI=1S/C16H21N5O/c22-16(18-10-14-5-1-2-7-17-14)12-21-9-3-4-13(11-21)15-6-8-19-20-15/h1-2,5-8,13H,3-4,9-12H2,(H,18,22)(H,19,20)/t13-/m1/s1. The van der Waals surface area contributed by atoms with Gasteiger partial charge in [-0.1, -0.05) is 6.07 Å². The summed E-state index contributed by atoms with van der Waals surface area (Å²) < 4.78 is 0. The zero-order valence-electron chi connectivity index (χ0n) is 12.5. The lowest BCUT2D eigenvalue weighted by atomic mass is 9.95. The number of carbonyl (C=O) groups excluding carboxylic acids is 1. The number of aromatic amines is 1. The van der Waals surface area contributed by atoms with Crippen LogP contribution in [0.5, 0.6) is 0 Å². The Morgan fingerprint density at radius 2 is 2.32 bits per heavy atom. The number of hydrogen-bond donors (Lipinski definition) is 2. The van der Waals surface area contributed by atoms with Crippen molar-refractivity contribution in [2.45, 2.75) is 25.3 Å². The maximum absolute atomic E-state index is 12.1. The van der Waals surface area contributed by atoms with Crippen LogP contribution in [0.25, 0.3) is 0 Å². The number of pyridine rings is 1. The second kappa shape index (κ2) is 7.17. The van der Waals surface area contributed by atoms with E-state index >= 15 is 0 Å². The second-order valence-corrected chi connectivity index (χ2v) is 5.68. The maximum Gasteiger partial charge on any atom is 0.234 e. The van der Waals surface area contributed by atoms with E-state index in [4.69, 9.17) is 0 Å². The van der Waals surface area contributed by atoms with Crippen molar-refractivity contribution in [1.82, 2.24) is 25.4 Å². The number of aromatic nitrogens is 3. The number of rotatable bonds is 5. The van der Waals surface area contributed by atoms with E-state index in [1.807, 2.05) is 24.3 Å². The third kappa shape index (κ3) is 3.92. The molecule has 1 atom stereocenters. The highest BCUT2D eigenvalue weighted by molar-refractivity contribution is 5.77. The van der Waals surface area contributed by atoms with Crippen molar-refractivity contribution >= 4 is 5.91 Å². The third-order valence-electron chi connectivity index (χ3n) is 4.03. The quantitative estimate of drug-likeness (QED) is 0.873. The minimum atomic E-state index is 0.0518. The average Bonchev–Trinajstić information content (AvgIpc) is 3.09. The summed E-state index contributed by atoms with van der Waals surface area (Å²) in [5.74, 6) is 0.496. The lowest BCUT2D eigenvalue weighted by Gasteiger charge is -2.31. The molecule has 0 saturated carbocycles. The molecule has 2 N–H and O–H groups in total. The molecular formula is C16H21N5O. The van der Waals surface area contributed by atoms with E-state index in [1.165, 1.54) is 5.69 Å². The van der Waals surface area contributed by atoms with Crippen molar-refractivity contribution in [3.8, 4) is 0 Å². The first-order chi connectivity index (χ1) is 10.8. The van der Waals surface area contributed by atoms with Crippen LogP contribution in [0.2, 0.25) is 0 Å². The fraction of sp³-hybridized carbons (Fsp3) is 0.438. The SMILES string of the molecule is O=C(CN1CCC[C@@H](c2ccn[nH]2)C1)NCc1ccccn1. The number of nitrogens with one attached hydrogen (secondary N) is 2. The molecule has 2 aromatic heterocycles. The Morgan fingerprint density at radius 3 is 3.09 bits per heavy atom. The summed E-state index contributed by atoms with van der Waals surface area (Å²) in [6.45, 7) is 2.80. The molecule has 116 valence electrons. The first-order valence-electron chi connectivity index (χ1n) is 7.69. The van der Waals surface area contributed by atoms with Gasteiger partial charge in [-0.15, -0.1) is 0 Å². The van der Waals surface area contributed by atoms with Crippen LogP contribution in [-0.2, 0) is 11.3 Å². The van der Waals surface area contributed by atoms with Gasteiger partial charge in [0.25, 0.3) is 0 Å². The molecule has 1 saturated heterocycles. The van der Waals surface area contributed by atoms with Gasteiger partial charge in [-0.3, -0.25) is 19.8 Å². The zero-order chi connectivity index (χ0) is 15.2. The highest BCUT2D eigenvalue weighted by Gasteiger charge is 2.23. The number of H-pyrrole nitrogens is 1. The predicted molar refractivity (Wildman–Crippen MR) is 83.1 cm³/mol. The predicted octanol–water partition coefficient (Wildman–Crippen LogP) is 1.30. The van der Waals surface area contributed by atoms with Crippen molar-refractivity contribution in [1.29, 1.82) is 0 Å². The molecular weight excluding hydrogens is 278 g/mol. The van der Waals surface area contributed by atoms with Gasteiger partial charge in [0.1, 0.15) is 0 Å². The van der Waals surface area contributed by atoms with Gasteiger partial charge in [0.15, 0.2) is 0 Å². The summed E-state index contributed by atoms with van der Waals surface area (Å²) in [6.07, 6.45) is 5.78. The first kappa shape index (κ1) is 14.7. The van der Waals surface area contributed by atoms with E-state index < -0.39 is 0 Å². The van der Waals surface area contributed by atoms with E-state index in [0.29, 0.717) is 19.0 Å². The Hall–Kier alpha value is -2.21. The molecule has 1 fully saturated rings. The number of hydrogen-bond acceptors (Lipinski definition) is 4. The summed E-state index contributed by atoms with van der Waals surface area (Å²) in [4.78, 5) is 18.5. The Morgan fingerprint density at radius 1 is 1.36 bits per heavy atom. The van der Waals surface area contributed by atoms with Crippen molar-refractivity contribution in [3.05, 3.63) is 48.0 Å². The minimum absolute atomic E-state index is 0.0518. The molecule has 6 heteroatoms. The molecule has 2 aromatic rings. The van der Waals surface area contributed by atoms with Crippen LogP contribution in [0.3, 0.4) is 0 Å². The topological polar surface area (TPSA) is 73.9 Å². The number of piperidine rings is 1. The lowest BCUT2D eigenvalue weighted by Crippen LogP contribution is -2.41. The molecule has 22 heavy (non-hydrogen) atoms. The van der Waals surface area contributed by atoms with Gasteiger partial charge in [-0.25, -0.2) is 0 Å². The van der Waals surface area contributed by atoms with E-state index in [9.17, 15) is 4.79 Å². The molecule has 0 bridgehead atoms. The Balaban J connectivity index is 1.47. The molecule has 3 rings (SSSR count). The molecule has 1 aliphatic rings. The number of carbonyl (C=O) groups is 1. The fourth-order valence-electron chi connectivity index (χ4n) is 2.90. The van der Waals surface area contributed by atoms with Crippen molar-refractivity contribution in [3.63, 3.8) is 0 Å².